The molecule has 1 saturated carbocycles. The standard InChI is InChI=1S/C13H26N2O/c1-2-6-14-7-9-15(10-8-14)11-12-4-3-5-13(12)16/h12-13,16H,2-11H2,1H3. The summed E-state index contributed by atoms with van der Waals surface area (Å²) < 4.78 is 0. The van der Waals surface area contributed by atoms with Gasteiger partial charge in [-0.3, -0.25) is 0 Å². The summed E-state index contributed by atoms with van der Waals surface area (Å²) in [6.45, 7) is 9.46. The zero-order valence-corrected chi connectivity index (χ0v) is 10.6. The molecule has 0 bridgehead atoms. The molecule has 0 aromatic heterocycles. The molecular formula is C13H26N2O. The van der Waals surface area contributed by atoms with Gasteiger partial charge in [0.2, 0.25) is 0 Å². The lowest BCUT2D eigenvalue weighted by Crippen LogP contribution is -2.48. The van der Waals surface area contributed by atoms with Crippen LogP contribution < -0.4 is 0 Å². The molecule has 1 aliphatic heterocycles. The fourth-order valence-corrected chi connectivity index (χ4v) is 3.07. The SMILES string of the molecule is CCCN1CCN(CC2CCCC2O)CC1. The number of nitrogens with zero attached hydrogens (tertiary/aromatic N) is 2. The Morgan fingerprint density at radius 2 is 1.75 bits per heavy atom. The van der Waals surface area contributed by atoms with Gasteiger partial charge in [0.25, 0.3) is 0 Å². The van der Waals surface area contributed by atoms with E-state index in [1.165, 1.54) is 52.0 Å². The molecule has 2 aliphatic rings. The van der Waals surface area contributed by atoms with Crippen LogP contribution in [0.25, 0.3) is 0 Å². The van der Waals surface area contributed by atoms with Crippen LogP contribution in [0.1, 0.15) is 32.6 Å². The molecule has 1 saturated heterocycles. The number of aliphatic hydroxyl groups is 1. The van der Waals surface area contributed by atoms with Crippen LogP contribution in [-0.2, 0) is 0 Å². The van der Waals surface area contributed by atoms with E-state index in [1.807, 2.05) is 0 Å². The van der Waals surface area contributed by atoms with Gasteiger partial charge in [0.1, 0.15) is 0 Å². The summed E-state index contributed by atoms with van der Waals surface area (Å²) in [6.07, 6.45) is 4.73. The van der Waals surface area contributed by atoms with Crippen molar-refractivity contribution in [2.75, 3.05) is 39.3 Å². The van der Waals surface area contributed by atoms with Gasteiger partial charge < -0.3 is 14.9 Å². The molecule has 2 fully saturated rings. The van der Waals surface area contributed by atoms with E-state index in [0.717, 1.165) is 13.0 Å². The Kier molecular flexibility index (Phi) is 4.62. The molecule has 0 spiro atoms. The van der Waals surface area contributed by atoms with Gasteiger partial charge in [-0.25, -0.2) is 0 Å². The van der Waals surface area contributed by atoms with Crippen LogP contribution in [0.4, 0.5) is 0 Å². The van der Waals surface area contributed by atoms with Crippen molar-refractivity contribution in [3.63, 3.8) is 0 Å². The van der Waals surface area contributed by atoms with E-state index in [0.29, 0.717) is 5.92 Å². The minimum atomic E-state index is -0.0197. The highest BCUT2D eigenvalue weighted by molar-refractivity contribution is 4.81. The van der Waals surface area contributed by atoms with Gasteiger partial charge in [0.05, 0.1) is 6.10 Å². The van der Waals surface area contributed by atoms with Crippen LogP contribution in [0.5, 0.6) is 0 Å². The molecule has 2 rings (SSSR count). The van der Waals surface area contributed by atoms with E-state index in [9.17, 15) is 5.11 Å². The summed E-state index contributed by atoms with van der Waals surface area (Å²) in [5, 5.41) is 9.82. The van der Waals surface area contributed by atoms with Gasteiger partial charge in [-0.15, -0.1) is 0 Å². The zero-order valence-electron chi connectivity index (χ0n) is 10.6. The third kappa shape index (κ3) is 3.19. The predicted octanol–water partition coefficient (Wildman–Crippen LogP) is 1.18. The largest absolute Gasteiger partial charge is 0.393 e. The van der Waals surface area contributed by atoms with E-state index in [4.69, 9.17) is 0 Å². The molecular weight excluding hydrogens is 200 g/mol. The summed E-state index contributed by atoms with van der Waals surface area (Å²) in [7, 11) is 0. The summed E-state index contributed by atoms with van der Waals surface area (Å²) >= 11 is 0. The molecule has 2 unspecified atom stereocenters. The number of aliphatic hydroxyl groups excluding tert-OH is 1. The maximum Gasteiger partial charge on any atom is 0.0580 e. The highest BCUT2D eigenvalue weighted by Gasteiger charge is 2.28. The van der Waals surface area contributed by atoms with E-state index < -0.39 is 0 Å². The molecule has 3 nitrogen and oxygen atoms in total. The fourth-order valence-electron chi connectivity index (χ4n) is 3.07. The van der Waals surface area contributed by atoms with Crippen molar-refractivity contribution in [2.24, 2.45) is 5.92 Å². The number of hydrogen-bond acceptors (Lipinski definition) is 3. The predicted molar refractivity (Wildman–Crippen MR) is 66.5 cm³/mol. The van der Waals surface area contributed by atoms with E-state index in [2.05, 4.69) is 16.7 Å². The maximum atomic E-state index is 9.82. The molecule has 0 radical (unpaired) electrons. The van der Waals surface area contributed by atoms with Crippen molar-refractivity contribution < 1.29 is 5.11 Å². The van der Waals surface area contributed by atoms with Crippen LogP contribution in [0.2, 0.25) is 0 Å². The first-order valence-corrected chi connectivity index (χ1v) is 6.92. The first kappa shape index (κ1) is 12.3. The quantitative estimate of drug-likeness (QED) is 0.779. The third-order valence-electron chi connectivity index (χ3n) is 4.12. The molecule has 1 N–H and O–H groups in total. The summed E-state index contributed by atoms with van der Waals surface area (Å²) in [5.41, 5.74) is 0. The topological polar surface area (TPSA) is 26.7 Å². The van der Waals surface area contributed by atoms with Crippen LogP contribution in [0.15, 0.2) is 0 Å². The number of piperazine rings is 1. The minimum absolute atomic E-state index is 0.0197. The molecule has 1 aliphatic carbocycles. The molecule has 94 valence electrons. The highest BCUT2D eigenvalue weighted by atomic mass is 16.3. The molecule has 16 heavy (non-hydrogen) atoms. The smallest absolute Gasteiger partial charge is 0.0580 e. The summed E-state index contributed by atoms with van der Waals surface area (Å²) in [5.74, 6) is 0.553. The van der Waals surface area contributed by atoms with Gasteiger partial charge in [0, 0.05) is 32.7 Å². The van der Waals surface area contributed by atoms with Crippen LogP contribution in [-0.4, -0.2) is 60.3 Å². The highest BCUT2D eigenvalue weighted by Crippen LogP contribution is 2.26. The number of rotatable bonds is 4. The lowest BCUT2D eigenvalue weighted by atomic mass is 10.1. The molecule has 1 heterocycles. The maximum absolute atomic E-state index is 9.82. The first-order chi connectivity index (χ1) is 7.79. The zero-order chi connectivity index (χ0) is 11.4. The van der Waals surface area contributed by atoms with Gasteiger partial charge in [-0.2, -0.15) is 0 Å². The van der Waals surface area contributed by atoms with Gasteiger partial charge in [-0.1, -0.05) is 13.3 Å². The van der Waals surface area contributed by atoms with Crippen LogP contribution in [0, 0.1) is 5.92 Å². The second-order valence-corrected chi connectivity index (χ2v) is 5.40. The average Bonchev–Trinajstić information content (AvgIpc) is 2.68. The van der Waals surface area contributed by atoms with E-state index in [-0.39, 0.29) is 6.10 Å². The Bertz CT molecular complexity index is 202. The second-order valence-electron chi connectivity index (χ2n) is 5.40. The van der Waals surface area contributed by atoms with Crippen molar-refractivity contribution in [3.8, 4) is 0 Å². The fraction of sp³-hybridized carbons (Fsp3) is 1.00. The summed E-state index contributed by atoms with van der Waals surface area (Å²) in [6, 6.07) is 0. The minimum Gasteiger partial charge on any atom is -0.393 e. The third-order valence-corrected chi connectivity index (χ3v) is 4.12. The Labute approximate surface area is 99.4 Å². The normalized spacial score (nSPS) is 33.4. The lowest BCUT2D eigenvalue weighted by Gasteiger charge is -2.36. The van der Waals surface area contributed by atoms with Crippen molar-refractivity contribution in [1.82, 2.24) is 9.80 Å². The van der Waals surface area contributed by atoms with Gasteiger partial charge >= 0.3 is 0 Å². The van der Waals surface area contributed by atoms with Crippen molar-refractivity contribution in [2.45, 2.75) is 38.7 Å². The molecule has 0 aromatic rings. The Hall–Kier alpha value is -0.120. The van der Waals surface area contributed by atoms with E-state index in [1.54, 1.807) is 0 Å². The van der Waals surface area contributed by atoms with Crippen molar-refractivity contribution >= 4 is 0 Å². The van der Waals surface area contributed by atoms with Crippen molar-refractivity contribution in [1.29, 1.82) is 0 Å². The Morgan fingerprint density at radius 1 is 1.06 bits per heavy atom. The van der Waals surface area contributed by atoms with Gasteiger partial charge in [0.15, 0.2) is 0 Å². The van der Waals surface area contributed by atoms with Crippen LogP contribution >= 0.6 is 0 Å². The van der Waals surface area contributed by atoms with Crippen molar-refractivity contribution in [3.05, 3.63) is 0 Å². The molecule has 3 heteroatoms. The van der Waals surface area contributed by atoms with Gasteiger partial charge in [-0.05, 0) is 31.7 Å². The first-order valence-electron chi connectivity index (χ1n) is 6.92. The molecule has 0 aromatic carbocycles. The average molecular weight is 226 g/mol. The second kappa shape index (κ2) is 5.99. The number of hydrogen-bond donors (Lipinski definition) is 1. The lowest BCUT2D eigenvalue weighted by molar-refractivity contribution is 0.0740. The molecule has 0 amide bonds. The molecule has 2 atom stereocenters. The Balaban J connectivity index is 1.68. The monoisotopic (exact) mass is 226 g/mol. The summed E-state index contributed by atoms with van der Waals surface area (Å²) in [4.78, 5) is 5.10. The van der Waals surface area contributed by atoms with Crippen LogP contribution in [0.3, 0.4) is 0 Å². The Morgan fingerprint density at radius 3 is 2.31 bits per heavy atom. The van der Waals surface area contributed by atoms with E-state index >= 15 is 0 Å².